The molecule has 0 aliphatic carbocycles. The number of carbonyl (C=O) groups excluding carboxylic acids is 1. The molecule has 24 heavy (non-hydrogen) atoms. The van der Waals surface area contributed by atoms with Gasteiger partial charge < -0.3 is 9.88 Å². The lowest BCUT2D eigenvalue weighted by Gasteiger charge is -2.39. The zero-order chi connectivity index (χ0) is 16.5. The number of pyridine rings is 1. The minimum Gasteiger partial charge on any atom is -0.333 e. The van der Waals surface area contributed by atoms with Gasteiger partial charge >= 0.3 is 0 Å². The Morgan fingerprint density at radius 2 is 1.75 bits per heavy atom. The first-order valence-corrected chi connectivity index (χ1v) is 8.76. The van der Waals surface area contributed by atoms with E-state index in [9.17, 15) is 9.59 Å². The molecule has 2 aliphatic heterocycles. The van der Waals surface area contributed by atoms with Gasteiger partial charge in [0.2, 0.25) is 5.56 Å². The first kappa shape index (κ1) is 15.2. The van der Waals surface area contributed by atoms with E-state index < -0.39 is 0 Å². The molecule has 0 saturated carbocycles. The van der Waals surface area contributed by atoms with E-state index in [1.807, 2.05) is 0 Å². The molecule has 2 aliphatic rings. The van der Waals surface area contributed by atoms with Crippen LogP contribution >= 0.6 is 0 Å². The zero-order valence-corrected chi connectivity index (χ0v) is 13.7. The molecule has 0 radical (unpaired) electrons. The van der Waals surface area contributed by atoms with Gasteiger partial charge in [0.25, 0.3) is 5.91 Å². The summed E-state index contributed by atoms with van der Waals surface area (Å²) in [4.78, 5) is 28.7. The number of hydrogen-bond acceptors (Lipinski definition) is 2. The fourth-order valence-electron chi connectivity index (χ4n) is 4.43. The summed E-state index contributed by atoms with van der Waals surface area (Å²) in [5, 5.41) is 0. The van der Waals surface area contributed by atoms with Crippen LogP contribution < -0.4 is 5.56 Å². The quantitative estimate of drug-likeness (QED) is 0.944. The Morgan fingerprint density at radius 3 is 2.38 bits per heavy atom. The number of amides is 1. The van der Waals surface area contributed by atoms with Gasteiger partial charge in [0.05, 0.1) is 5.56 Å². The maximum Gasteiger partial charge on any atom is 0.255 e. The lowest BCUT2D eigenvalue weighted by atomic mass is 9.85. The fourth-order valence-corrected chi connectivity index (χ4v) is 4.43. The van der Waals surface area contributed by atoms with Gasteiger partial charge in [0.1, 0.15) is 0 Å². The summed E-state index contributed by atoms with van der Waals surface area (Å²) in [5.74, 6) is 0.724. The molecule has 2 unspecified atom stereocenters. The molecule has 3 heterocycles. The number of hydrogen-bond donors (Lipinski definition) is 1. The van der Waals surface area contributed by atoms with Gasteiger partial charge in [-0.25, -0.2) is 0 Å². The SMILES string of the molecule is O=C(c1ccc(=O)[nH]c1)N1C2CCC1CC(Cc1ccccc1)C2. The summed E-state index contributed by atoms with van der Waals surface area (Å²) in [5.41, 5.74) is 1.81. The number of aromatic amines is 1. The van der Waals surface area contributed by atoms with E-state index >= 15 is 0 Å². The van der Waals surface area contributed by atoms with E-state index in [1.165, 1.54) is 11.6 Å². The Balaban J connectivity index is 1.48. The Hall–Kier alpha value is -2.36. The van der Waals surface area contributed by atoms with Crippen molar-refractivity contribution >= 4 is 5.91 Å². The summed E-state index contributed by atoms with van der Waals surface area (Å²) >= 11 is 0. The van der Waals surface area contributed by atoms with Crippen molar-refractivity contribution in [2.45, 2.75) is 44.2 Å². The smallest absolute Gasteiger partial charge is 0.255 e. The van der Waals surface area contributed by atoms with Crippen molar-refractivity contribution in [1.82, 2.24) is 9.88 Å². The number of fused-ring (bicyclic) bond motifs is 2. The predicted molar refractivity (Wildman–Crippen MR) is 92.9 cm³/mol. The minimum atomic E-state index is -0.170. The second-order valence-corrected chi connectivity index (χ2v) is 7.07. The average Bonchev–Trinajstić information content (AvgIpc) is 2.87. The molecule has 4 rings (SSSR count). The number of nitrogens with one attached hydrogen (secondary N) is 1. The van der Waals surface area contributed by atoms with Crippen LogP contribution in [0.25, 0.3) is 0 Å². The van der Waals surface area contributed by atoms with Crippen LogP contribution in [-0.4, -0.2) is 27.9 Å². The van der Waals surface area contributed by atoms with Crippen molar-refractivity contribution in [2.75, 3.05) is 0 Å². The highest BCUT2D eigenvalue weighted by Crippen LogP contribution is 2.40. The van der Waals surface area contributed by atoms with E-state index in [2.05, 4.69) is 40.2 Å². The number of nitrogens with zero attached hydrogens (tertiary/aromatic N) is 1. The fraction of sp³-hybridized carbons (Fsp3) is 0.400. The van der Waals surface area contributed by atoms with Crippen LogP contribution in [0.3, 0.4) is 0 Å². The van der Waals surface area contributed by atoms with Gasteiger partial charge in [-0.2, -0.15) is 0 Å². The number of rotatable bonds is 3. The molecule has 0 spiro atoms. The Bertz CT molecular complexity index is 749. The van der Waals surface area contributed by atoms with Crippen LogP contribution in [0.1, 0.15) is 41.6 Å². The number of aromatic nitrogens is 1. The van der Waals surface area contributed by atoms with Crippen LogP contribution in [0.5, 0.6) is 0 Å². The molecule has 1 aromatic carbocycles. The zero-order valence-electron chi connectivity index (χ0n) is 13.7. The third-order valence-corrected chi connectivity index (χ3v) is 5.46. The number of benzene rings is 1. The minimum absolute atomic E-state index is 0.0666. The summed E-state index contributed by atoms with van der Waals surface area (Å²) in [6.45, 7) is 0. The standard InChI is InChI=1S/C20H22N2O2/c23-19-9-6-16(13-21-19)20(24)22-17-7-8-18(22)12-15(11-17)10-14-4-2-1-3-5-14/h1-6,9,13,15,17-18H,7-8,10-12H2,(H,21,23). The van der Waals surface area contributed by atoms with Crippen molar-refractivity contribution in [2.24, 2.45) is 5.92 Å². The maximum atomic E-state index is 12.8. The Morgan fingerprint density at radius 1 is 1.04 bits per heavy atom. The first-order valence-electron chi connectivity index (χ1n) is 8.76. The molecule has 2 saturated heterocycles. The summed E-state index contributed by atoms with van der Waals surface area (Å²) in [6.07, 6.45) is 7.02. The van der Waals surface area contributed by atoms with Crippen LogP contribution in [0, 0.1) is 5.92 Å². The van der Waals surface area contributed by atoms with Crippen LogP contribution in [0.2, 0.25) is 0 Å². The molecule has 2 fully saturated rings. The third-order valence-electron chi connectivity index (χ3n) is 5.46. The van der Waals surface area contributed by atoms with Crippen LogP contribution in [0.4, 0.5) is 0 Å². The monoisotopic (exact) mass is 322 g/mol. The molecule has 1 N–H and O–H groups in total. The molecule has 1 aromatic heterocycles. The molecule has 1 amide bonds. The van der Waals surface area contributed by atoms with E-state index in [0.29, 0.717) is 23.6 Å². The Labute approximate surface area is 141 Å². The summed E-state index contributed by atoms with van der Waals surface area (Å²) < 4.78 is 0. The van der Waals surface area contributed by atoms with E-state index in [0.717, 1.165) is 32.1 Å². The lowest BCUT2D eigenvalue weighted by Crippen LogP contribution is -2.47. The van der Waals surface area contributed by atoms with Crippen molar-refractivity contribution in [3.8, 4) is 0 Å². The van der Waals surface area contributed by atoms with Crippen molar-refractivity contribution in [3.63, 3.8) is 0 Å². The van der Waals surface area contributed by atoms with E-state index in [4.69, 9.17) is 0 Å². The summed E-state index contributed by atoms with van der Waals surface area (Å²) in [6, 6.07) is 14.4. The molecule has 4 nitrogen and oxygen atoms in total. The van der Waals surface area contributed by atoms with Gasteiger partial charge in [-0.1, -0.05) is 30.3 Å². The average molecular weight is 322 g/mol. The van der Waals surface area contributed by atoms with Crippen molar-refractivity contribution in [3.05, 3.63) is 70.1 Å². The van der Waals surface area contributed by atoms with Crippen molar-refractivity contribution in [1.29, 1.82) is 0 Å². The molecular weight excluding hydrogens is 300 g/mol. The predicted octanol–water partition coefficient (Wildman–Crippen LogP) is 3.00. The maximum absolute atomic E-state index is 12.8. The molecular formula is C20H22N2O2. The largest absolute Gasteiger partial charge is 0.333 e. The van der Waals surface area contributed by atoms with Gasteiger partial charge in [0.15, 0.2) is 0 Å². The van der Waals surface area contributed by atoms with E-state index in [-0.39, 0.29) is 11.5 Å². The van der Waals surface area contributed by atoms with Gasteiger partial charge in [-0.15, -0.1) is 0 Å². The van der Waals surface area contributed by atoms with Gasteiger partial charge in [0, 0.05) is 24.3 Å². The molecule has 124 valence electrons. The Kier molecular flexibility index (Phi) is 3.97. The second kappa shape index (κ2) is 6.27. The van der Waals surface area contributed by atoms with Gasteiger partial charge in [-0.3, -0.25) is 9.59 Å². The topological polar surface area (TPSA) is 53.2 Å². The third kappa shape index (κ3) is 2.88. The number of carbonyl (C=O) groups is 1. The number of H-pyrrole nitrogens is 1. The highest BCUT2D eigenvalue weighted by atomic mass is 16.2. The second-order valence-electron chi connectivity index (χ2n) is 7.07. The highest BCUT2D eigenvalue weighted by molar-refractivity contribution is 5.94. The molecule has 2 atom stereocenters. The molecule has 2 bridgehead atoms. The molecule has 2 aromatic rings. The lowest BCUT2D eigenvalue weighted by molar-refractivity contribution is 0.0524. The normalized spacial score (nSPS) is 25.7. The van der Waals surface area contributed by atoms with Crippen LogP contribution in [0.15, 0.2) is 53.5 Å². The van der Waals surface area contributed by atoms with Crippen LogP contribution in [-0.2, 0) is 6.42 Å². The number of piperidine rings is 1. The molecule has 4 heteroatoms. The first-order chi connectivity index (χ1) is 11.7. The highest BCUT2D eigenvalue weighted by Gasteiger charge is 2.43. The van der Waals surface area contributed by atoms with Gasteiger partial charge in [-0.05, 0) is 49.7 Å². The van der Waals surface area contributed by atoms with E-state index in [1.54, 1.807) is 12.3 Å². The summed E-state index contributed by atoms with van der Waals surface area (Å²) in [7, 11) is 0. The van der Waals surface area contributed by atoms with Crippen molar-refractivity contribution < 1.29 is 4.79 Å².